The SMILES string of the molecule is Cc1cccc(Nc2nccc(-c3ccccc3)n2)c1. The zero-order chi connectivity index (χ0) is 13.8. The first-order valence-corrected chi connectivity index (χ1v) is 6.53. The van der Waals surface area contributed by atoms with Gasteiger partial charge in [-0.2, -0.15) is 0 Å². The van der Waals surface area contributed by atoms with E-state index in [1.165, 1.54) is 5.56 Å². The monoisotopic (exact) mass is 261 g/mol. The van der Waals surface area contributed by atoms with Gasteiger partial charge in [0.1, 0.15) is 0 Å². The Kier molecular flexibility index (Phi) is 3.42. The summed E-state index contributed by atoms with van der Waals surface area (Å²) in [7, 11) is 0. The van der Waals surface area contributed by atoms with Crippen molar-refractivity contribution in [2.45, 2.75) is 6.92 Å². The van der Waals surface area contributed by atoms with Crippen LogP contribution >= 0.6 is 0 Å². The number of anilines is 2. The van der Waals surface area contributed by atoms with E-state index in [0.29, 0.717) is 5.95 Å². The first kappa shape index (κ1) is 12.4. The van der Waals surface area contributed by atoms with E-state index < -0.39 is 0 Å². The molecule has 1 heterocycles. The molecule has 3 aromatic rings. The van der Waals surface area contributed by atoms with Crippen molar-refractivity contribution in [2.24, 2.45) is 0 Å². The van der Waals surface area contributed by atoms with E-state index in [1.54, 1.807) is 6.20 Å². The summed E-state index contributed by atoms with van der Waals surface area (Å²) in [6.07, 6.45) is 1.77. The molecule has 0 saturated carbocycles. The second kappa shape index (κ2) is 5.53. The van der Waals surface area contributed by atoms with Gasteiger partial charge in [-0.3, -0.25) is 0 Å². The number of rotatable bonds is 3. The molecule has 0 radical (unpaired) electrons. The van der Waals surface area contributed by atoms with Crippen LogP contribution in [0.4, 0.5) is 11.6 Å². The van der Waals surface area contributed by atoms with Crippen LogP contribution in [-0.2, 0) is 0 Å². The van der Waals surface area contributed by atoms with E-state index in [9.17, 15) is 0 Å². The number of hydrogen-bond acceptors (Lipinski definition) is 3. The Balaban J connectivity index is 1.88. The second-order valence-corrected chi connectivity index (χ2v) is 4.63. The van der Waals surface area contributed by atoms with Crippen molar-refractivity contribution in [2.75, 3.05) is 5.32 Å². The quantitative estimate of drug-likeness (QED) is 0.768. The minimum absolute atomic E-state index is 0.608. The molecule has 0 aliphatic rings. The summed E-state index contributed by atoms with van der Waals surface area (Å²) in [4.78, 5) is 8.81. The molecule has 0 atom stereocenters. The Morgan fingerprint density at radius 3 is 2.55 bits per heavy atom. The van der Waals surface area contributed by atoms with Gasteiger partial charge >= 0.3 is 0 Å². The average molecular weight is 261 g/mol. The lowest BCUT2D eigenvalue weighted by Gasteiger charge is -2.07. The second-order valence-electron chi connectivity index (χ2n) is 4.63. The van der Waals surface area contributed by atoms with Gasteiger partial charge in [0.05, 0.1) is 5.69 Å². The van der Waals surface area contributed by atoms with Crippen LogP contribution in [0.15, 0.2) is 66.9 Å². The average Bonchev–Trinajstić information content (AvgIpc) is 2.48. The van der Waals surface area contributed by atoms with Gasteiger partial charge in [-0.15, -0.1) is 0 Å². The predicted octanol–water partition coefficient (Wildman–Crippen LogP) is 4.20. The van der Waals surface area contributed by atoms with Gasteiger partial charge in [-0.25, -0.2) is 9.97 Å². The molecule has 2 aromatic carbocycles. The van der Waals surface area contributed by atoms with Gasteiger partial charge in [-0.1, -0.05) is 42.5 Å². The maximum Gasteiger partial charge on any atom is 0.227 e. The van der Waals surface area contributed by atoms with Crippen molar-refractivity contribution in [3.05, 3.63) is 72.4 Å². The molecule has 0 saturated heterocycles. The number of nitrogens with zero attached hydrogens (tertiary/aromatic N) is 2. The number of benzene rings is 2. The third-order valence-electron chi connectivity index (χ3n) is 3.00. The van der Waals surface area contributed by atoms with Gasteiger partial charge in [0.2, 0.25) is 5.95 Å². The molecule has 3 rings (SSSR count). The van der Waals surface area contributed by atoms with Crippen LogP contribution in [0, 0.1) is 6.92 Å². The highest BCUT2D eigenvalue weighted by Crippen LogP contribution is 2.19. The number of hydrogen-bond donors (Lipinski definition) is 1. The first-order valence-electron chi connectivity index (χ1n) is 6.53. The molecule has 20 heavy (non-hydrogen) atoms. The first-order chi connectivity index (χ1) is 9.81. The minimum Gasteiger partial charge on any atom is -0.324 e. The van der Waals surface area contributed by atoms with Crippen molar-refractivity contribution >= 4 is 11.6 Å². The molecule has 3 heteroatoms. The van der Waals surface area contributed by atoms with Gasteiger partial charge < -0.3 is 5.32 Å². The molecule has 0 spiro atoms. The summed E-state index contributed by atoms with van der Waals surface area (Å²) >= 11 is 0. The topological polar surface area (TPSA) is 37.8 Å². The molecule has 1 aromatic heterocycles. The molecule has 0 aliphatic carbocycles. The Morgan fingerprint density at radius 1 is 0.900 bits per heavy atom. The van der Waals surface area contributed by atoms with E-state index in [-0.39, 0.29) is 0 Å². The summed E-state index contributed by atoms with van der Waals surface area (Å²) in [6.45, 7) is 2.06. The Morgan fingerprint density at radius 2 is 1.75 bits per heavy atom. The predicted molar refractivity (Wildman–Crippen MR) is 81.9 cm³/mol. The van der Waals surface area contributed by atoms with Gasteiger partial charge in [0, 0.05) is 17.4 Å². The van der Waals surface area contributed by atoms with E-state index in [4.69, 9.17) is 0 Å². The van der Waals surface area contributed by atoms with Crippen LogP contribution < -0.4 is 5.32 Å². The standard InChI is InChI=1S/C17H15N3/c1-13-6-5-9-15(12-13)19-17-18-11-10-16(20-17)14-7-3-2-4-8-14/h2-12H,1H3,(H,18,19,20). The van der Waals surface area contributed by atoms with Crippen LogP contribution in [0.25, 0.3) is 11.3 Å². The zero-order valence-electron chi connectivity index (χ0n) is 11.2. The fraction of sp³-hybridized carbons (Fsp3) is 0.0588. The van der Waals surface area contributed by atoms with Crippen molar-refractivity contribution in [3.63, 3.8) is 0 Å². The maximum absolute atomic E-state index is 4.55. The minimum atomic E-state index is 0.608. The fourth-order valence-corrected chi connectivity index (χ4v) is 2.04. The lowest BCUT2D eigenvalue weighted by Crippen LogP contribution is -1.97. The van der Waals surface area contributed by atoms with Crippen molar-refractivity contribution in [1.29, 1.82) is 0 Å². The molecular weight excluding hydrogens is 246 g/mol. The Hall–Kier alpha value is -2.68. The van der Waals surface area contributed by atoms with Crippen LogP contribution in [0.5, 0.6) is 0 Å². The molecule has 0 amide bonds. The zero-order valence-corrected chi connectivity index (χ0v) is 11.2. The summed E-state index contributed by atoms with van der Waals surface area (Å²) in [6, 6.07) is 20.1. The highest BCUT2D eigenvalue weighted by Gasteiger charge is 2.02. The summed E-state index contributed by atoms with van der Waals surface area (Å²) in [5, 5.41) is 3.23. The van der Waals surface area contributed by atoms with Crippen molar-refractivity contribution in [1.82, 2.24) is 9.97 Å². The molecule has 98 valence electrons. The largest absolute Gasteiger partial charge is 0.324 e. The number of nitrogens with one attached hydrogen (secondary N) is 1. The van der Waals surface area contributed by atoms with E-state index in [1.807, 2.05) is 48.5 Å². The van der Waals surface area contributed by atoms with E-state index in [0.717, 1.165) is 16.9 Å². The highest BCUT2D eigenvalue weighted by molar-refractivity contribution is 5.61. The summed E-state index contributed by atoms with van der Waals surface area (Å²) < 4.78 is 0. The molecule has 0 bridgehead atoms. The molecule has 1 N–H and O–H groups in total. The van der Waals surface area contributed by atoms with Crippen LogP contribution in [0.1, 0.15) is 5.56 Å². The van der Waals surface area contributed by atoms with Gasteiger partial charge in [0.15, 0.2) is 0 Å². The molecule has 3 nitrogen and oxygen atoms in total. The highest BCUT2D eigenvalue weighted by atomic mass is 15.1. The number of aromatic nitrogens is 2. The van der Waals surface area contributed by atoms with Crippen LogP contribution in [-0.4, -0.2) is 9.97 Å². The third kappa shape index (κ3) is 2.83. The summed E-state index contributed by atoms with van der Waals surface area (Å²) in [5.74, 6) is 0.608. The maximum atomic E-state index is 4.55. The molecular formula is C17H15N3. The normalized spacial score (nSPS) is 10.2. The Labute approximate surface area is 118 Å². The van der Waals surface area contributed by atoms with Crippen LogP contribution in [0.3, 0.4) is 0 Å². The van der Waals surface area contributed by atoms with Gasteiger partial charge in [0.25, 0.3) is 0 Å². The third-order valence-corrected chi connectivity index (χ3v) is 3.00. The van der Waals surface area contributed by atoms with Crippen molar-refractivity contribution in [3.8, 4) is 11.3 Å². The molecule has 0 fully saturated rings. The molecule has 0 unspecified atom stereocenters. The van der Waals surface area contributed by atoms with Gasteiger partial charge in [-0.05, 0) is 30.7 Å². The molecule has 0 aliphatic heterocycles. The smallest absolute Gasteiger partial charge is 0.227 e. The van der Waals surface area contributed by atoms with E-state index >= 15 is 0 Å². The van der Waals surface area contributed by atoms with E-state index in [2.05, 4.69) is 34.3 Å². The Bertz CT molecular complexity index is 708. The summed E-state index contributed by atoms with van der Waals surface area (Å²) in [5.41, 5.74) is 4.20. The fourth-order valence-electron chi connectivity index (χ4n) is 2.04. The van der Waals surface area contributed by atoms with Crippen molar-refractivity contribution < 1.29 is 0 Å². The number of aryl methyl sites for hydroxylation is 1. The lowest BCUT2D eigenvalue weighted by molar-refractivity contribution is 1.17. The lowest BCUT2D eigenvalue weighted by atomic mass is 10.1. The van der Waals surface area contributed by atoms with Crippen LogP contribution in [0.2, 0.25) is 0 Å².